The zero-order chi connectivity index (χ0) is 17.6. The van der Waals surface area contributed by atoms with Gasteiger partial charge in [-0.2, -0.15) is 0 Å². The Bertz CT molecular complexity index is 569. The highest BCUT2D eigenvalue weighted by Crippen LogP contribution is 2.12. The van der Waals surface area contributed by atoms with Crippen molar-refractivity contribution in [3.8, 4) is 0 Å². The molecule has 5 nitrogen and oxygen atoms in total. The molecule has 0 radical (unpaired) electrons. The van der Waals surface area contributed by atoms with E-state index in [1.165, 1.54) is 24.0 Å². The number of carbonyl (C=O) groups is 1. The van der Waals surface area contributed by atoms with Gasteiger partial charge in [0.1, 0.15) is 0 Å². The van der Waals surface area contributed by atoms with Crippen molar-refractivity contribution in [3.05, 3.63) is 35.4 Å². The van der Waals surface area contributed by atoms with Crippen molar-refractivity contribution in [2.75, 3.05) is 52.9 Å². The zero-order valence-electron chi connectivity index (χ0n) is 15.7. The summed E-state index contributed by atoms with van der Waals surface area (Å²) in [6.07, 6.45) is 2.40. The number of likely N-dealkylation sites (N-methyl/N-ethyl adjacent to an activating group) is 1. The van der Waals surface area contributed by atoms with Gasteiger partial charge in [0.25, 0.3) is 0 Å². The van der Waals surface area contributed by atoms with Crippen LogP contribution in [0, 0.1) is 6.92 Å². The maximum atomic E-state index is 12.6. The Labute approximate surface area is 152 Å². The van der Waals surface area contributed by atoms with E-state index in [-0.39, 0.29) is 0 Å². The van der Waals surface area contributed by atoms with Gasteiger partial charge in [-0.25, -0.2) is 0 Å². The lowest BCUT2D eigenvalue weighted by atomic mass is 10.1. The van der Waals surface area contributed by atoms with Gasteiger partial charge in [0.15, 0.2) is 0 Å². The second-order valence-corrected chi connectivity index (χ2v) is 7.51. The largest absolute Gasteiger partial charge is 0.339 e. The first-order valence-electron chi connectivity index (χ1n) is 9.59. The van der Waals surface area contributed by atoms with Crippen LogP contribution in [0.4, 0.5) is 0 Å². The van der Waals surface area contributed by atoms with Crippen LogP contribution in [0.5, 0.6) is 0 Å². The van der Waals surface area contributed by atoms with E-state index in [9.17, 15) is 4.79 Å². The van der Waals surface area contributed by atoms with E-state index >= 15 is 0 Å². The fourth-order valence-corrected chi connectivity index (χ4v) is 3.95. The number of piperazine rings is 1. The molecular weight excluding hydrogens is 312 g/mol. The van der Waals surface area contributed by atoms with Crippen molar-refractivity contribution in [1.82, 2.24) is 20.0 Å². The molecule has 2 saturated heterocycles. The first-order valence-corrected chi connectivity index (χ1v) is 9.59. The quantitative estimate of drug-likeness (QED) is 0.875. The van der Waals surface area contributed by atoms with E-state index < -0.39 is 0 Å². The third kappa shape index (κ3) is 5.27. The monoisotopic (exact) mass is 344 g/mol. The summed E-state index contributed by atoms with van der Waals surface area (Å²) in [7, 11) is 2.02. The van der Waals surface area contributed by atoms with Gasteiger partial charge in [-0.1, -0.05) is 29.8 Å². The van der Waals surface area contributed by atoms with Crippen molar-refractivity contribution in [2.24, 2.45) is 0 Å². The second-order valence-electron chi connectivity index (χ2n) is 7.51. The van der Waals surface area contributed by atoms with E-state index in [1.807, 2.05) is 7.05 Å². The molecule has 2 fully saturated rings. The van der Waals surface area contributed by atoms with E-state index in [0.29, 0.717) is 18.5 Å². The molecule has 2 aliphatic heterocycles. The number of aryl methyl sites for hydroxylation is 1. The van der Waals surface area contributed by atoms with Crippen LogP contribution >= 0.6 is 0 Å². The minimum atomic E-state index is 0.298. The van der Waals surface area contributed by atoms with E-state index in [2.05, 4.69) is 51.2 Å². The van der Waals surface area contributed by atoms with Crippen LogP contribution in [0.1, 0.15) is 24.0 Å². The number of hydrogen-bond acceptors (Lipinski definition) is 4. The highest BCUT2D eigenvalue weighted by molar-refractivity contribution is 5.78. The molecule has 0 spiro atoms. The highest BCUT2D eigenvalue weighted by Gasteiger charge is 2.25. The molecule has 2 aliphatic rings. The molecular formula is C20H32N4O. The Morgan fingerprint density at radius 2 is 1.96 bits per heavy atom. The fraction of sp³-hybridized carbons (Fsp3) is 0.650. The molecule has 2 heterocycles. The summed E-state index contributed by atoms with van der Waals surface area (Å²) in [6.45, 7) is 9.40. The number of benzene rings is 1. The SMILES string of the molecule is CNC1CCCN(CC(=O)N2CCN(Cc3cccc(C)c3)CC2)C1. The van der Waals surface area contributed by atoms with E-state index in [0.717, 1.165) is 45.8 Å². The lowest BCUT2D eigenvalue weighted by Crippen LogP contribution is -2.53. The molecule has 1 aromatic rings. The number of hydrogen-bond donors (Lipinski definition) is 1. The number of rotatable bonds is 5. The summed E-state index contributed by atoms with van der Waals surface area (Å²) >= 11 is 0. The first-order chi connectivity index (χ1) is 12.1. The minimum Gasteiger partial charge on any atom is -0.339 e. The predicted molar refractivity (Wildman–Crippen MR) is 102 cm³/mol. The maximum absolute atomic E-state index is 12.6. The van der Waals surface area contributed by atoms with Crippen molar-refractivity contribution in [3.63, 3.8) is 0 Å². The zero-order valence-corrected chi connectivity index (χ0v) is 15.7. The Hall–Kier alpha value is -1.43. The van der Waals surface area contributed by atoms with Gasteiger partial charge in [-0.15, -0.1) is 0 Å². The normalized spacial score (nSPS) is 23.0. The summed E-state index contributed by atoms with van der Waals surface area (Å²) in [5.41, 5.74) is 2.68. The molecule has 1 atom stereocenters. The van der Waals surface area contributed by atoms with Crippen molar-refractivity contribution < 1.29 is 4.79 Å². The Kier molecular flexibility index (Phi) is 6.45. The molecule has 1 aromatic carbocycles. The molecule has 1 N–H and O–H groups in total. The second kappa shape index (κ2) is 8.79. The Balaban J connectivity index is 1.43. The number of nitrogens with zero attached hydrogens (tertiary/aromatic N) is 3. The van der Waals surface area contributed by atoms with Gasteiger partial charge in [0.05, 0.1) is 6.54 Å². The molecule has 1 unspecified atom stereocenters. The smallest absolute Gasteiger partial charge is 0.236 e. The summed E-state index contributed by atoms with van der Waals surface area (Å²) in [5, 5.41) is 3.35. The molecule has 5 heteroatoms. The lowest BCUT2D eigenvalue weighted by Gasteiger charge is -2.37. The van der Waals surface area contributed by atoms with Crippen molar-refractivity contribution in [1.29, 1.82) is 0 Å². The van der Waals surface area contributed by atoms with Crippen LogP contribution in [0.15, 0.2) is 24.3 Å². The average Bonchev–Trinajstić information content (AvgIpc) is 2.62. The fourth-order valence-electron chi connectivity index (χ4n) is 3.95. The van der Waals surface area contributed by atoms with Crippen LogP contribution in [-0.2, 0) is 11.3 Å². The van der Waals surface area contributed by atoms with Crippen LogP contribution in [-0.4, -0.2) is 79.5 Å². The predicted octanol–water partition coefficient (Wildman–Crippen LogP) is 1.32. The number of piperidine rings is 1. The van der Waals surface area contributed by atoms with Gasteiger partial charge in [-0.3, -0.25) is 14.6 Å². The standard InChI is InChI=1S/C20H32N4O/c1-17-5-3-6-18(13-17)14-22-9-11-24(12-10-22)20(25)16-23-8-4-7-19(15-23)21-2/h3,5-6,13,19,21H,4,7-12,14-16H2,1-2H3. The molecule has 0 saturated carbocycles. The molecule has 1 amide bonds. The Morgan fingerprint density at radius 1 is 1.16 bits per heavy atom. The maximum Gasteiger partial charge on any atom is 0.236 e. The molecule has 3 rings (SSSR count). The van der Waals surface area contributed by atoms with Crippen LogP contribution in [0.2, 0.25) is 0 Å². The lowest BCUT2D eigenvalue weighted by molar-refractivity contribution is -0.134. The van der Waals surface area contributed by atoms with E-state index in [1.54, 1.807) is 0 Å². The highest BCUT2D eigenvalue weighted by atomic mass is 16.2. The number of amides is 1. The average molecular weight is 345 g/mol. The molecule has 0 aliphatic carbocycles. The summed E-state index contributed by atoms with van der Waals surface area (Å²) in [6, 6.07) is 9.25. The van der Waals surface area contributed by atoms with Crippen LogP contribution in [0.3, 0.4) is 0 Å². The van der Waals surface area contributed by atoms with Gasteiger partial charge in [-0.05, 0) is 38.9 Å². The first kappa shape index (κ1) is 18.4. The number of carbonyl (C=O) groups excluding carboxylic acids is 1. The van der Waals surface area contributed by atoms with E-state index in [4.69, 9.17) is 0 Å². The summed E-state index contributed by atoms with van der Waals surface area (Å²) < 4.78 is 0. The third-order valence-electron chi connectivity index (χ3n) is 5.49. The van der Waals surface area contributed by atoms with Gasteiger partial charge in [0.2, 0.25) is 5.91 Å². The topological polar surface area (TPSA) is 38.8 Å². The van der Waals surface area contributed by atoms with Crippen molar-refractivity contribution in [2.45, 2.75) is 32.4 Å². The van der Waals surface area contributed by atoms with Crippen LogP contribution in [0.25, 0.3) is 0 Å². The third-order valence-corrected chi connectivity index (χ3v) is 5.49. The van der Waals surface area contributed by atoms with Gasteiger partial charge in [0, 0.05) is 45.3 Å². The summed E-state index contributed by atoms with van der Waals surface area (Å²) in [4.78, 5) is 19.4. The van der Waals surface area contributed by atoms with Gasteiger partial charge < -0.3 is 10.2 Å². The molecule has 0 bridgehead atoms. The van der Waals surface area contributed by atoms with Gasteiger partial charge >= 0.3 is 0 Å². The van der Waals surface area contributed by atoms with Crippen LogP contribution < -0.4 is 5.32 Å². The van der Waals surface area contributed by atoms with Crippen molar-refractivity contribution >= 4 is 5.91 Å². The summed E-state index contributed by atoms with van der Waals surface area (Å²) in [5.74, 6) is 0.298. The molecule has 25 heavy (non-hydrogen) atoms. The minimum absolute atomic E-state index is 0.298. The molecule has 0 aromatic heterocycles. The number of nitrogens with one attached hydrogen (secondary N) is 1. The number of likely N-dealkylation sites (tertiary alicyclic amines) is 1. The molecule has 138 valence electrons. The Morgan fingerprint density at radius 3 is 2.68 bits per heavy atom.